The number of hydrogen-bond acceptors (Lipinski definition) is 5. The summed E-state index contributed by atoms with van der Waals surface area (Å²) < 4.78 is 2.01. The number of fused-ring (bicyclic) bond motifs is 1. The molecule has 202 valence electrons. The quantitative estimate of drug-likeness (QED) is 0.381. The lowest BCUT2D eigenvalue weighted by molar-refractivity contribution is -0.126. The molecule has 3 aromatic rings. The van der Waals surface area contributed by atoms with E-state index in [-0.39, 0.29) is 11.8 Å². The smallest absolute Gasteiger partial charge is 0.258 e. The van der Waals surface area contributed by atoms with Crippen LogP contribution in [0.15, 0.2) is 48.7 Å². The summed E-state index contributed by atoms with van der Waals surface area (Å²) in [6, 6.07) is 9.06. The van der Waals surface area contributed by atoms with E-state index >= 15 is 0 Å². The SMILES string of the molecule is Cc1cc(C(=O)Nc2nc3cccc(Cl)c3n2CCCC2CCCCN(C(=O)C=CCN(C)C)C2)ccn1. The minimum atomic E-state index is -0.233. The first kappa shape index (κ1) is 27.8. The Bertz CT molecular complexity index is 1300. The number of aryl methyl sites for hydroxylation is 2. The minimum absolute atomic E-state index is 0.0995. The minimum Gasteiger partial charge on any atom is -0.339 e. The van der Waals surface area contributed by atoms with Gasteiger partial charge in [-0.1, -0.05) is 30.2 Å². The van der Waals surface area contributed by atoms with Gasteiger partial charge in [-0.05, 0) is 76.9 Å². The summed E-state index contributed by atoms with van der Waals surface area (Å²) in [5, 5.41) is 3.58. The Morgan fingerprint density at radius 3 is 2.87 bits per heavy atom. The van der Waals surface area contributed by atoms with Gasteiger partial charge in [-0.3, -0.25) is 19.9 Å². The van der Waals surface area contributed by atoms with Crippen molar-refractivity contribution in [3.05, 3.63) is 65.0 Å². The number of hydrogen-bond donors (Lipinski definition) is 1. The number of nitrogens with one attached hydrogen (secondary N) is 1. The lowest BCUT2D eigenvalue weighted by atomic mass is 9.97. The Kier molecular flexibility index (Phi) is 9.53. The van der Waals surface area contributed by atoms with Gasteiger partial charge in [-0.2, -0.15) is 0 Å². The van der Waals surface area contributed by atoms with Gasteiger partial charge in [0.05, 0.1) is 16.1 Å². The summed E-state index contributed by atoms with van der Waals surface area (Å²) in [6.45, 7) is 4.87. The molecular formula is C29H37ClN6O2. The molecule has 0 aliphatic carbocycles. The highest BCUT2D eigenvalue weighted by Crippen LogP contribution is 2.29. The number of nitrogens with zero attached hydrogens (tertiary/aromatic N) is 5. The Morgan fingerprint density at radius 2 is 2.08 bits per heavy atom. The maximum atomic E-state index is 13.0. The van der Waals surface area contributed by atoms with E-state index in [4.69, 9.17) is 11.6 Å². The van der Waals surface area contributed by atoms with Crippen LogP contribution in [0.25, 0.3) is 11.0 Å². The molecule has 2 amide bonds. The second-order valence-corrected chi connectivity index (χ2v) is 10.7. The van der Waals surface area contributed by atoms with Gasteiger partial charge in [-0.25, -0.2) is 4.98 Å². The first-order chi connectivity index (χ1) is 18.3. The zero-order valence-corrected chi connectivity index (χ0v) is 23.2. The molecule has 1 unspecified atom stereocenters. The van der Waals surface area contributed by atoms with Crippen molar-refractivity contribution >= 4 is 40.4 Å². The highest BCUT2D eigenvalue weighted by Gasteiger charge is 2.22. The molecule has 2 aromatic heterocycles. The first-order valence-electron chi connectivity index (χ1n) is 13.3. The Hall–Kier alpha value is -3.23. The number of imidazole rings is 1. The second kappa shape index (κ2) is 13.0. The van der Waals surface area contributed by atoms with E-state index < -0.39 is 0 Å². The van der Waals surface area contributed by atoms with Gasteiger partial charge < -0.3 is 14.4 Å². The highest BCUT2D eigenvalue weighted by molar-refractivity contribution is 6.35. The standard InChI is InChI=1S/C29H37ClN6O2/c1-21-19-23(14-15-31-21)28(38)33-29-32-25-12-6-11-24(30)27(25)36(29)18-7-10-22-9-4-5-17-35(20-22)26(37)13-8-16-34(2)3/h6,8,11-15,19,22H,4-5,7,9-10,16-18,20H2,1-3H3,(H,32,33,38). The highest BCUT2D eigenvalue weighted by atomic mass is 35.5. The molecule has 9 heteroatoms. The number of amides is 2. The first-order valence-corrected chi connectivity index (χ1v) is 13.7. The zero-order chi connectivity index (χ0) is 27.1. The molecule has 1 aromatic carbocycles. The molecule has 0 radical (unpaired) electrons. The van der Waals surface area contributed by atoms with Crippen LogP contribution >= 0.6 is 11.6 Å². The van der Waals surface area contributed by atoms with Crippen LogP contribution in [0.4, 0.5) is 5.95 Å². The molecule has 1 atom stereocenters. The molecule has 1 N–H and O–H groups in total. The number of halogens is 1. The van der Waals surface area contributed by atoms with Crippen LogP contribution in [0.5, 0.6) is 0 Å². The number of aromatic nitrogens is 3. The number of likely N-dealkylation sites (tertiary alicyclic amines) is 1. The maximum Gasteiger partial charge on any atom is 0.258 e. The predicted molar refractivity (Wildman–Crippen MR) is 153 cm³/mol. The van der Waals surface area contributed by atoms with Gasteiger partial charge in [0.25, 0.3) is 5.91 Å². The number of likely N-dealkylation sites (N-methyl/N-ethyl adjacent to an activating group) is 1. The fourth-order valence-electron chi connectivity index (χ4n) is 4.99. The third-order valence-corrected chi connectivity index (χ3v) is 7.21. The van der Waals surface area contributed by atoms with Crippen LogP contribution in [0, 0.1) is 12.8 Å². The van der Waals surface area contributed by atoms with E-state index in [1.807, 2.05) is 59.7 Å². The number of carbonyl (C=O) groups is 2. The average molecular weight is 537 g/mol. The Morgan fingerprint density at radius 1 is 1.24 bits per heavy atom. The summed E-state index contributed by atoms with van der Waals surface area (Å²) >= 11 is 6.58. The Labute approximate surface area is 229 Å². The van der Waals surface area contributed by atoms with Gasteiger partial charge in [0.15, 0.2) is 0 Å². The number of pyridine rings is 1. The molecule has 38 heavy (non-hydrogen) atoms. The number of rotatable bonds is 9. The largest absolute Gasteiger partial charge is 0.339 e. The van der Waals surface area contributed by atoms with Crippen molar-refractivity contribution in [2.75, 3.05) is 39.0 Å². The van der Waals surface area contributed by atoms with Crippen molar-refractivity contribution in [2.45, 2.75) is 45.6 Å². The van der Waals surface area contributed by atoms with Gasteiger partial charge in [0, 0.05) is 49.7 Å². The topological polar surface area (TPSA) is 83.4 Å². The molecule has 4 rings (SSSR count). The number of benzene rings is 1. The van der Waals surface area contributed by atoms with E-state index in [1.165, 1.54) is 0 Å². The lowest BCUT2D eigenvalue weighted by Crippen LogP contribution is -2.33. The van der Waals surface area contributed by atoms with Gasteiger partial charge in [-0.15, -0.1) is 0 Å². The van der Waals surface area contributed by atoms with Gasteiger partial charge in [0.2, 0.25) is 11.9 Å². The molecule has 0 spiro atoms. The molecule has 3 heterocycles. The van der Waals surface area contributed by atoms with Crippen molar-refractivity contribution in [1.29, 1.82) is 0 Å². The summed E-state index contributed by atoms with van der Waals surface area (Å²) in [5.74, 6) is 0.786. The van der Waals surface area contributed by atoms with Crippen molar-refractivity contribution in [3.8, 4) is 0 Å². The molecule has 0 bridgehead atoms. The van der Waals surface area contributed by atoms with E-state index in [9.17, 15) is 9.59 Å². The monoisotopic (exact) mass is 536 g/mol. The molecule has 0 saturated carbocycles. The summed E-state index contributed by atoms with van der Waals surface area (Å²) in [4.78, 5) is 38.6. The normalized spacial score (nSPS) is 16.3. The summed E-state index contributed by atoms with van der Waals surface area (Å²) in [7, 11) is 3.98. The van der Waals surface area contributed by atoms with Gasteiger partial charge in [0.1, 0.15) is 0 Å². The van der Waals surface area contributed by atoms with Crippen molar-refractivity contribution in [3.63, 3.8) is 0 Å². The summed E-state index contributed by atoms with van der Waals surface area (Å²) in [6.07, 6.45) is 10.4. The molecule has 1 aliphatic heterocycles. The van der Waals surface area contributed by atoms with Crippen LogP contribution in [0.1, 0.15) is 48.2 Å². The zero-order valence-electron chi connectivity index (χ0n) is 22.5. The van der Waals surface area contributed by atoms with Crippen LogP contribution in [-0.4, -0.2) is 69.9 Å². The molecule has 1 saturated heterocycles. The molecule has 8 nitrogen and oxygen atoms in total. The third-order valence-electron chi connectivity index (χ3n) is 6.91. The average Bonchev–Trinajstić information content (AvgIpc) is 3.05. The summed E-state index contributed by atoms with van der Waals surface area (Å²) in [5.41, 5.74) is 2.87. The van der Waals surface area contributed by atoms with E-state index in [2.05, 4.69) is 15.3 Å². The van der Waals surface area contributed by atoms with E-state index in [0.29, 0.717) is 29.0 Å². The van der Waals surface area contributed by atoms with Crippen LogP contribution in [-0.2, 0) is 11.3 Å². The van der Waals surface area contributed by atoms with Crippen molar-refractivity contribution in [1.82, 2.24) is 24.3 Å². The van der Waals surface area contributed by atoms with Crippen molar-refractivity contribution < 1.29 is 9.59 Å². The lowest BCUT2D eigenvalue weighted by Gasteiger charge is -2.23. The number of carbonyl (C=O) groups excluding carboxylic acids is 2. The molecule has 1 fully saturated rings. The van der Waals surface area contributed by atoms with E-state index in [0.717, 1.165) is 68.5 Å². The van der Waals surface area contributed by atoms with Gasteiger partial charge >= 0.3 is 0 Å². The van der Waals surface area contributed by atoms with E-state index in [1.54, 1.807) is 24.4 Å². The Balaban J connectivity index is 1.45. The third kappa shape index (κ3) is 7.20. The van der Waals surface area contributed by atoms with Crippen molar-refractivity contribution in [2.24, 2.45) is 5.92 Å². The fourth-order valence-corrected chi connectivity index (χ4v) is 5.26. The molecule has 1 aliphatic rings. The van der Waals surface area contributed by atoms with Crippen LogP contribution < -0.4 is 5.32 Å². The fraction of sp³-hybridized carbons (Fsp3) is 0.448. The van der Waals surface area contributed by atoms with Crippen LogP contribution in [0.2, 0.25) is 5.02 Å². The number of anilines is 1. The number of para-hydroxylation sites is 1. The predicted octanol–water partition coefficient (Wildman–Crippen LogP) is 5.17. The maximum absolute atomic E-state index is 13.0. The molecular weight excluding hydrogens is 500 g/mol. The second-order valence-electron chi connectivity index (χ2n) is 10.3. The van der Waals surface area contributed by atoms with Crippen LogP contribution in [0.3, 0.4) is 0 Å².